The number of carbonyl (C=O) groups is 2. The van der Waals surface area contributed by atoms with Crippen molar-refractivity contribution in [2.45, 2.75) is 0 Å². The molecule has 0 bridgehead atoms. The zero-order valence-electron chi connectivity index (χ0n) is 14.4. The molecule has 0 aliphatic carbocycles. The summed E-state index contributed by atoms with van der Waals surface area (Å²) < 4.78 is 20.9. The van der Waals surface area contributed by atoms with Gasteiger partial charge in [-0.25, -0.2) is 0 Å². The van der Waals surface area contributed by atoms with Crippen molar-refractivity contribution in [3.05, 3.63) is 47.5 Å². The molecule has 2 aromatic rings. The highest BCUT2D eigenvalue weighted by Gasteiger charge is 2.25. The van der Waals surface area contributed by atoms with Crippen molar-refractivity contribution < 1.29 is 28.5 Å². The maximum Gasteiger partial charge on any atom is 0.196 e. The fourth-order valence-corrected chi connectivity index (χ4v) is 3.33. The maximum absolute atomic E-state index is 12.7. The molecule has 0 saturated carbocycles. The summed E-state index contributed by atoms with van der Waals surface area (Å²) in [6.45, 7) is 0. The number of hydrogen-bond acceptors (Lipinski definition) is 6. The van der Waals surface area contributed by atoms with Gasteiger partial charge in [0, 0.05) is 8.58 Å². The van der Waals surface area contributed by atoms with Crippen LogP contribution in [-0.4, -0.2) is 39.5 Å². The average molecular weight is 362 g/mol. The largest absolute Gasteiger partial charge is 0.496 e. The number of benzene rings is 2. The van der Waals surface area contributed by atoms with E-state index in [4.69, 9.17) is 18.9 Å². The minimum Gasteiger partial charge on any atom is -0.496 e. The third-order valence-corrected chi connectivity index (χ3v) is 4.49. The predicted octanol–water partition coefficient (Wildman–Crippen LogP) is 3.38. The Kier molecular flexibility index (Phi) is 6.37. The third kappa shape index (κ3) is 3.91. The van der Waals surface area contributed by atoms with Crippen molar-refractivity contribution in [3.63, 3.8) is 0 Å². The Bertz CT molecular complexity index is 677. The first kappa shape index (κ1) is 18.7. The minimum absolute atomic E-state index is 0.244. The molecule has 0 spiro atoms. The van der Waals surface area contributed by atoms with Gasteiger partial charge >= 0.3 is 0 Å². The van der Waals surface area contributed by atoms with Gasteiger partial charge in [-0.1, -0.05) is 12.1 Å². The molecular formula is C18H19O6P. The van der Waals surface area contributed by atoms with E-state index in [2.05, 4.69) is 0 Å². The molecule has 0 aliphatic rings. The van der Waals surface area contributed by atoms with Crippen molar-refractivity contribution in [3.8, 4) is 23.0 Å². The van der Waals surface area contributed by atoms with Gasteiger partial charge in [-0.3, -0.25) is 9.59 Å². The predicted molar refractivity (Wildman–Crippen MR) is 96.1 cm³/mol. The molecule has 0 atom stereocenters. The van der Waals surface area contributed by atoms with Crippen LogP contribution in [0.3, 0.4) is 0 Å². The number of carbonyl (C=O) groups excluding carboxylic acids is 2. The van der Waals surface area contributed by atoms with E-state index >= 15 is 0 Å². The zero-order chi connectivity index (χ0) is 18.4. The topological polar surface area (TPSA) is 71.1 Å². The Morgan fingerprint density at radius 1 is 0.640 bits per heavy atom. The molecule has 6 nitrogen and oxygen atoms in total. The van der Waals surface area contributed by atoms with Gasteiger partial charge in [-0.2, -0.15) is 0 Å². The van der Waals surface area contributed by atoms with E-state index in [1.165, 1.54) is 28.4 Å². The smallest absolute Gasteiger partial charge is 0.196 e. The minimum atomic E-state index is -0.665. The van der Waals surface area contributed by atoms with Crippen LogP contribution in [0.25, 0.3) is 0 Å². The molecule has 0 unspecified atom stereocenters. The number of rotatable bonds is 8. The quantitative estimate of drug-likeness (QED) is 0.671. The van der Waals surface area contributed by atoms with Crippen molar-refractivity contribution in [1.82, 2.24) is 0 Å². The second kappa shape index (κ2) is 8.49. The van der Waals surface area contributed by atoms with Gasteiger partial charge in [0.2, 0.25) is 0 Å². The molecule has 0 N–H and O–H groups in total. The molecule has 0 aliphatic heterocycles. The van der Waals surface area contributed by atoms with Gasteiger partial charge in [0.05, 0.1) is 28.4 Å². The monoisotopic (exact) mass is 362 g/mol. The Balaban J connectivity index is 2.39. The van der Waals surface area contributed by atoms with Crippen molar-refractivity contribution in [2.24, 2.45) is 0 Å². The van der Waals surface area contributed by atoms with Gasteiger partial charge in [-0.05, 0) is 24.3 Å². The molecule has 2 rings (SSSR count). The van der Waals surface area contributed by atoms with Crippen molar-refractivity contribution >= 4 is 19.6 Å². The van der Waals surface area contributed by atoms with Crippen LogP contribution in [0, 0.1) is 0 Å². The van der Waals surface area contributed by atoms with Crippen LogP contribution in [0.4, 0.5) is 0 Å². The Hall–Kier alpha value is -2.59. The normalized spacial score (nSPS) is 10.1. The lowest BCUT2D eigenvalue weighted by Crippen LogP contribution is -2.06. The molecule has 0 saturated heterocycles. The summed E-state index contributed by atoms with van der Waals surface area (Å²) in [7, 11) is 5.17. The zero-order valence-corrected chi connectivity index (χ0v) is 15.4. The number of hydrogen-bond donors (Lipinski definition) is 0. The van der Waals surface area contributed by atoms with Crippen LogP contribution in [0.2, 0.25) is 0 Å². The summed E-state index contributed by atoms with van der Waals surface area (Å²) in [6.07, 6.45) is 0. The van der Waals surface area contributed by atoms with Gasteiger partial charge < -0.3 is 18.9 Å². The lowest BCUT2D eigenvalue weighted by Gasteiger charge is -2.13. The van der Waals surface area contributed by atoms with E-state index in [-0.39, 0.29) is 22.2 Å². The van der Waals surface area contributed by atoms with Crippen LogP contribution < -0.4 is 18.9 Å². The van der Waals surface area contributed by atoms with Crippen molar-refractivity contribution in [1.29, 1.82) is 0 Å². The van der Waals surface area contributed by atoms with Gasteiger partial charge in [0.25, 0.3) is 0 Å². The molecule has 25 heavy (non-hydrogen) atoms. The first-order chi connectivity index (χ1) is 12.1. The summed E-state index contributed by atoms with van der Waals surface area (Å²) >= 11 is 0. The van der Waals surface area contributed by atoms with Crippen LogP contribution >= 0.6 is 8.58 Å². The van der Waals surface area contributed by atoms with E-state index in [1.807, 2.05) is 0 Å². The van der Waals surface area contributed by atoms with Crippen molar-refractivity contribution in [2.75, 3.05) is 28.4 Å². The van der Waals surface area contributed by atoms with E-state index in [0.717, 1.165) is 0 Å². The second-order valence-corrected chi connectivity index (χ2v) is 6.02. The van der Waals surface area contributed by atoms with Gasteiger partial charge in [0.15, 0.2) is 11.0 Å². The first-order valence-corrected chi connectivity index (χ1v) is 8.35. The number of ether oxygens (including phenoxy) is 4. The maximum atomic E-state index is 12.7. The van der Waals surface area contributed by atoms with Crippen LogP contribution in [0.15, 0.2) is 36.4 Å². The highest BCUT2D eigenvalue weighted by molar-refractivity contribution is 7.75. The van der Waals surface area contributed by atoms with Crippen LogP contribution in [0.5, 0.6) is 23.0 Å². The molecule has 0 fully saturated rings. The number of methoxy groups -OCH3 is 4. The molecule has 0 heterocycles. The summed E-state index contributed by atoms with van der Waals surface area (Å²) in [5, 5.41) is 0. The van der Waals surface area contributed by atoms with Gasteiger partial charge in [0.1, 0.15) is 34.1 Å². The highest BCUT2D eigenvalue weighted by atomic mass is 31.1. The Labute approximate surface area is 147 Å². The first-order valence-electron chi connectivity index (χ1n) is 7.35. The lowest BCUT2D eigenvalue weighted by atomic mass is 10.2. The third-order valence-electron chi connectivity index (χ3n) is 3.54. The van der Waals surface area contributed by atoms with E-state index < -0.39 is 8.58 Å². The summed E-state index contributed by atoms with van der Waals surface area (Å²) in [6, 6.07) is 10.0. The van der Waals surface area contributed by atoms with E-state index in [9.17, 15) is 9.59 Å². The fourth-order valence-electron chi connectivity index (χ4n) is 2.38. The molecule has 132 valence electrons. The Morgan fingerprint density at radius 3 is 1.16 bits per heavy atom. The van der Waals surface area contributed by atoms with Crippen LogP contribution in [0.1, 0.15) is 20.7 Å². The summed E-state index contributed by atoms with van der Waals surface area (Å²) in [4.78, 5) is 25.5. The molecular weight excluding hydrogens is 343 g/mol. The molecule has 0 amide bonds. The van der Waals surface area contributed by atoms with Gasteiger partial charge in [-0.15, -0.1) is 0 Å². The summed E-state index contributed by atoms with van der Waals surface area (Å²) in [5.74, 6) is 1.43. The second-order valence-electron chi connectivity index (χ2n) is 4.86. The van der Waals surface area contributed by atoms with Crippen LogP contribution in [-0.2, 0) is 0 Å². The molecule has 0 aromatic heterocycles. The lowest BCUT2D eigenvalue weighted by molar-refractivity contribution is 0.105. The van der Waals surface area contributed by atoms with E-state index in [0.29, 0.717) is 23.0 Å². The van der Waals surface area contributed by atoms with E-state index in [1.54, 1.807) is 36.4 Å². The Morgan fingerprint density at radius 2 is 0.920 bits per heavy atom. The summed E-state index contributed by atoms with van der Waals surface area (Å²) in [5.41, 5.74) is -0.277. The molecule has 7 heteroatoms. The fraction of sp³-hybridized carbons (Fsp3) is 0.222. The molecule has 0 radical (unpaired) electrons. The highest BCUT2D eigenvalue weighted by Crippen LogP contribution is 2.39. The SMILES string of the molecule is COc1cccc(OC)c1C(=O)PC(=O)c1c(OC)cccc1OC. The standard InChI is InChI=1S/C18H19O6P/c1-21-11-7-5-8-12(22-2)15(11)17(19)25-18(20)16-13(23-3)9-6-10-14(16)24-4/h5-10,25H,1-4H3. The average Bonchev–Trinajstić information content (AvgIpc) is 2.65. The molecule has 2 aromatic carbocycles.